The number of nitrogens with zero attached hydrogens (tertiary/aromatic N) is 3. The molecule has 6 nitrogen and oxygen atoms in total. The van der Waals surface area contributed by atoms with Crippen LogP contribution < -0.4 is 5.56 Å². The van der Waals surface area contributed by atoms with E-state index in [9.17, 15) is 9.59 Å². The van der Waals surface area contributed by atoms with E-state index in [0.717, 1.165) is 15.3 Å². The average Bonchev–Trinajstić information content (AvgIpc) is 2.81. The van der Waals surface area contributed by atoms with Gasteiger partial charge < -0.3 is 9.64 Å². The zero-order chi connectivity index (χ0) is 17.4. The molecule has 0 aliphatic carbocycles. The van der Waals surface area contributed by atoms with Gasteiger partial charge in [0.15, 0.2) is 0 Å². The number of morpholine rings is 1. The molecule has 1 aliphatic rings. The summed E-state index contributed by atoms with van der Waals surface area (Å²) in [4.78, 5) is 33.2. The van der Waals surface area contributed by atoms with Crippen molar-refractivity contribution in [3.05, 3.63) is 27.1 Å². The second kappa shape index (κ2) is 6.64. The molecule has 2 aromatic rings. The number of ether oxygens (including phenoxy) is 1. The Morgan fingerprint density at radius 3 is 2.67 bits per heavy atom. The summed E-state index contributed by atoms with van der Waals surface area (Å²) in [5.74, 6) is 0.0576. The fraction of sp³-hybridized carbons (Fsp3) is 0.588. The lowest BCUT2D eigenvalue weighted by Gasteiger charge is -2.35. The molecular formula is C17H23N3O3S. The molecule has 2 atom stereocenters. The van der Waals surface area contributed by atoms with E-state index in [1.165, 1.54) is 11.3 Å². The Morgan fingerprint density at radius 2 is 2.00 bits per heavy atom. The number of carbonyl (C=O) groups excluding carboxylic acids is 1. The fourth-order valence-electron chi connectivity index (χ4n) is 3.18. The van der Waals surface area contributed by atoms with Gasteiger partial charge in [0.25, 0.3) is 5.56 Å². The third kappa shape index (κ3) is 3.23. The summed E-state index contributed by atoms with van der Waals surface area (Å²) in [7, 11) is 0. The monoisotopic (exact) mass is 349 g/mol. The molecule has 1 fully saturated rings. The predicted molar refractivity (Wildman–Crippen MR) is 94.6 cm³/mol. The largest absolute Gasteiger partial charge is 0.372 e. The summed E-state index contributed by atoms with van der Waals surface area (Å²) in [6.45, 7) is 9.46. The first-order chi connectivity index (χ1) is 11.4. The highest BCUT2D eigenvalue weighted by Gasteiger charge is 2.25. The molecule has 2 unspecified atom stereocenters. The van der Waals surface area contributed by atoms with Crippen molar-refractivity contribution < 1.29 is 9.53 Å². The summed E-state index contributed by atoms with van der Waals surface area (Å²) < 4.78 is 7.20. The van der Waals surface area contributed by atoms with Crippen LogP contribution in [0.2, 0.25) is 0 Å². The molecule has 0 N–H and O–H groups in total. The van der Waals surface area contributed by atoms with Crippen molar-refractivity contribution in [1.29, 1.82) is 0 Å². The van der Waals surface area contributed by atoms with Crippen LogP contribution in [0.1, 0.15) is 30.7 Å². The average molecular weight is 349 g/mol. The summed E-state index contributed by atoms with van der Waals surface area (Å²) >= 11 is 1.54. The minimum atomic E-state index is -0.0571. The van der Waals surface area contributed by atoms with Crippen molar-refractivity contribution in [2.24, 2.45) is 0 Å². The van der Waals surface area contributed by atoms with E-state index < -0.39 is 0 Å². The predicted octanol–water partition coefficient (Wildman–Crippen LogP) is 2.10. The molecule has 0 aromatic carbocycles. The molecule has 3 heterocycles. The summed E-state index contributed by atoms with van der Waals surface area (Å²) in [6.07, 6.45) is 1.96. The molecule has 0 spiro atoms. The molecule has 2 aromatic heterocycles. The van der Waals surface area contributed by atoms with Crippen LogP contribution >= 0.6 is 11.3 Å². The normalized spacial score (nSPS) is 21.4. The van der Waals surface area contributed by atoms with Crippen molar-refractivity contribution in [2.45, 2.75) is 52.9 Å². The molecule has 1 saturated heterocycles. The number of rotatable bonds is 3. The van der Waals surface area contributed by atoms with Gasteiger partial charge in [-0.05, 0) is 33.3 Å². The van der Waals surface area contributed by atoms with Gasteiger partial charge in [0.2, 0.25) is 5.91 Å². The lowest BCUT2D eigenvalue weighted by Crippen LogP contribution is -2.48. The van der Waals surface area contributed by atoms with Crippen LogP contribution in [0.5, 0.6) is 0 Å². The number of fused-ring (bicyclic) bond motifs is 1. The van der Waals surface area contributed by atoms with Crippen molar-refractivity contribution in [2.75, 3.05) is 13.1 Å². The Kier molecular flexibility index (Phi) is 4.73. The van der Waals surface area contributed by atoms with Gasteiger partial charge in [-0.1, -0.05) is 0 Å². The van der Waals surface area contributed by atoms with Crippen LogP contribution in [0.3, 0.4) is 0 Å². The first-order valence-electron chi connectivity index (χ1n) is 8.25. The molecule has 3 rings (SSSR count). The van der Waals surface area contributed by atoms with Gasteiger partial charge in [-0.15, -0.1) is 11.3 Å². The molecule has 0 bridgehead atoms. The highest BCUT2D eigenvalue weighted by Crippen LogP contribution is 2.25. The van der Waals surface area contributed by atoms with Gasteiger partial charge in [0.1, 0.15) is 4.83 Å². The van der Waals surface area contributed by atoms with E-state index in [4.69, 9.17) is 4.74 Å². The Labute approximate surface area is 145 Å². The lowest BCUT2D eigenvalue weighted by molar-refractivity contribution is -0.143. The number of carbonyl (C=O) groups is 1. The molecule has 7 heteroatoms. The van der Waals surface area contributed by atoms with Crippen molar-refractivity contribution in [1.82, 2.24) is 14.5 Å². The van der Waals surface area contributed by atoms with Crippen molar-refractivity contribution in [3.63, 3.8) is 0 Å². The second-order valence-electron chi connectivity index (χ2n) is 6.51. The SMILES string of the molecule is Cc1sc2ncn(CCC(=O)N3CC(C)OC(C)C3)c(=O)c2c1C. The number of hydrogen-bond donors (Lipinski definition) is 0. The number of amides is 1. The van der Waals surface area contributed by atoms with Crippen LogP contribution in [-0.4, -0.2) is 45.7 Å². The smallest absolute Gasteiger partial charge is 0.262 e. The maximum absolute atomic E-state index is 12.6. The van der Waals surface area contributed by atoms with E-state index in [1.54, 1.807) is 10.9 Å². The number of aryl methyl sites for hydroxylation is 3. The second-order valence-corrected chi connectivity index (χ2v) is 7.72. The Bertz CT molecular complexity index is 816. The first kappa shape index (κ1) is 17.1. The van der Waals surface area contributed by atoms with Crippen LogP contribution in [0.15, 0.2) is 11.1 Å². The van der Waals surface area contributed by atoms with E-state index in [1.807, 2.05) is 32.6 Å². The van der Waals surface area contributed by atoms with E-state index in [2.05, 4.69) is 4.98 Å². The lowest BCUT2D eigenvalue weighted by atomic mass is 10.2. The van der Waals surface area contributed by atoms with Crippen LogP contribution in [0.4, 0.5) is 0 Å². The van der Waals surface area contributed by atoms with Gasteiger partial charge in [-0.2, -0.15) is 0 Å². The minimum Gasteiger partial charge on any atom is -0.372 e. The molecule has 24 heavy (non-hydrogen) atoms. The van der Waals surface area contributed by atoms with Crippen LogP contribution in [0.25, 0.3) is 10.2 Å². The third-order valence-corrected chi connectivity index (χ3v) is 5.61. The maximum atomic E-state index is 12.6. The highest BCUT2D eigenvalue weighted by molar-refractivity contribution is 7.18. The van der Waals surface area contributed by atoms with Crippen LogP contribution in [-0.2, 0) is 16.1 Å². The zero-order valence-electron chi connectivity index (χ0n) is 14.5. The van der Waals surface area contributed by atoms with E-state index in [0.29, 0.717) is 31.4 Å². The first-order valence-corrected chi connectivity index (χ1v) is 9.07. The van der Waals surface area contributed by atoms with Crippen molar-refractivity contribution in [3.8, 4) is 0 Å². The van der Waals surface area contributed by atoms with Gasteiger partial charge in [-0.25, -0.2) is 4.98 Å². The van der Waals surface area contributed by atoms with E-state index >= 15 is 0 Å². The Morgan fingerprint density at radius 1 is 1.33 bits per heavy atom. The highest BCUT2D eigenvalue weighted by atomic mass is 32.1. The quantitative estimate of drug-likeness (QED) is 0.851. The minimum absolute atomic E-state index is 0.0508. The molecule has 0 radical (unpaired) electrons. The zero-order valence-corrected chi connectivity index (χ0v) is 15.4. The summed E-state index contributed by atoms with van der Waals surface area (Å²) in [6, 6.07) is 0. The fourth-order valence-corrected chi connectivity index (χ4v) is 4.17. The Hall–Kier alpha value is -1.73. The number of hydrogen-bond acceptors (Lipinski definition) is 5. The molecule has 1 amide bonds. The summed E-state index contributed by atoms with van der Waals surface area (Å²) in [5.41, 5.74) is 0.933. The van der Waals surface area contributed by atoms with Gasteiger partial charge in [0, 0.05) is 30.9 Å². The molecule has 0 saturated carbocycles. The summed E-state index contributed by atoms with van der Waals surface area (Å²) in [5, 5.41) is 0.682. The van der Waals surface area contributed by atoms with Crippen molar-refractivity contribution >= 4 is 27.5 Å². The standard InChI is InChI=1S/C17H23N3O3S/c1-10-7-20(8-11(2)23-10)14(21)5-6-19-9-18-16-15(17(19)22)12(3)13(4)24-16/h9-11H,5-8H2,1-4H3. The van der Waals surface area contributed by atoms with Gasteiger partial charge in [0.05, 0.1) is 23.9 Å². The topological polar surface area (TPSA) is 64.4 Å². The Balaban J connectivity index is 1.74. The number of aromatic nitrogens is 2. The number of thiophene rings is 1. The van der Waals surface area contributed by atoms with E-state index in [-0.39, 0.29) is 23.7 Å². The van der Waals surface area contributed by atoms with Crippen LogP contribution in [0, 0.1) is 13.8 Å². The molecular weight excluding hydrogens is 326 g/mol. The molecule has 130 valence electrons. The maximum Gasteiger partial charge on any atom is 0.262 e. The molecule has 1 aliphatic heterocycles. The van der Waals surface area contributed by atoms with Gasteiger partial charge in [-0.3, -0.25) is 14.2 Å². The van der Waals surface area contributed by atoms with Gasteiger partial charge >= 0.3 is 0 Å². The third-order valence-electron chi connectivity index (χ3n) is 4.49.